The maximum atomic E-state index is 12.3. The van der Waals surface area contributed by atoms with Crippen LogP contribution in [0, 0.1) is 0 Å². The number of methoxy groups -OCH3 is 1. The number of hydrogen-bond donors (Lipinski definition) is 1. The van der Waals surface area contributed by atoms with E-state index in [1.165, 1.54) is 16.7 Å². The van der Waals surface area contributed by atoms with E-state index >= 15 is 0 Å². The highest BCUT2D eigenvalue weighted by Gasteiger charge is 2.21. The summed E-state index contributed by atoms with van der Waals surface area (Å²) in [6, 6.07) is 16.1. The molecule has 1 N–H and O–H groups in total. The summed E-state index contributed by atoms with van der Waals surface area (Å²) in [6.45, 7) is 1.81. The lowest BCUT2D eigenvalue weighted by atomic mass is 9.99. The van der Waals surface area contributed by atoms with E-state index in [9.17, 15) is 4.79 Å². The van der Waals surface area contributed by atoms with Crippen molar-refractivity contribution in [1.82, 2.24) is 10.2 Å². The van der Waals surface area contributed by atoms with Crippen molar-refractivity contribution in [3.8, 4) is 5.75 Å². The SMILES string of the molecule is COc1ccc(CCNC(=O)N(C)CC2Cc3ccccc3CO2)cc1. The van der Waals surface area contributed by atoms with E-state index < -0.39 is 0 Å². The molecule has 1 aliphatic rings. The van der Waals surface area contributed by atoms with E-state index in [1.54, 1.807) is 12.0 Å². The van der Waals surface area contributed by atoms with Crippen LogP contribution in [-0.2, 0) is 24.2 Å². The lowest BCUT2D eigenvalue weighted by Crippen LogP contribution is -2.43. The van der Waals surface area contributed by atoms with Crippen LogP contribution in [0.5, 0.6) is 5.75 Å². The van der Waals surface area contributed by atoms with E-state index in [1.807, 2.05) is 37.4 Å². The number of benzene rings is 2. The van der Waals surface area contributed by atoms with Gasteiger partial charge in [0.25, 0.3) is 0 Å². The van der Waals surface area contributed by atoms with Crippen molar-refractivity contribution in [1.29, 1.82) is 0 Å². The summed E-state index contributed by atoms with van der Waals surface area (Å²) in [5.74, 6) is 0.839. The third-order valence-corrected chi connectivity index (χ3v) is 4.71. The maximum absolute atomic E-state index is 12.3. The minimum Gasteiger partial charge on any atom is -0.497 e. The molecule has 5 nitrogen and oxygen atoms in total. The van der Waals surface area contributed by atoms with E-state index in [-0.39, 0.29) is 12.1 Å². The molecule has 0 spiro atoms. The van der Waals surface area contributed by atoms with Crippen molar-refractivity contribution < 1.29 is 14.3 Å². The Balaban J connectivity index is 1.42. The fourth-order valence-corrected chi connectivity index (χ4v) is 3.16. The molecule has 2 amide bonds. The molecule has 1 unspecified atom stereocenters. The number of rotatable bonds is 6. The molecule has 5 heteroatoms. The molecule has 0 aromatic heterocycles. The lowest BCUT2D eigenvalue weighted by Gasteiger charge is -2.29. The fourth-order valence-electron chi connectivity index (χ4n) is 3.16. The molecule has 0 bridgehead atoms. The molecule has 1 atom stereocenters. The van der Waals surface area contributed by atoms with E-state index in [0.29, 0.717) is 19.7 Å². The predicted molar refractivity (Wildman–Crippen MR) is 101 cm³/mol. The molecule has 1 heterocycles. The van der Waals surface area contributed by atoms with Gasteiger partial charge >= 0.3 is 6.03 Å². The Bertz CT molecular complexity index is 730. The largest absolute Gasteiger partial charge is 0.497 e. The van der Waals surface area contributed by atoms with Crippen LogP contribution in [0.2, 0.25) is 0 Å². The van der Waals surface area contributed by atoms with Crippen LogP contribution in [0.15, 0.2) is 48.5 Å². The Morgan fingerprint density at radius 3 is 2.65 bits per heavy atom. The monoisotopic (exact) mass is 354 g/mol. The number of nitrogens with one attached hydrogen (secondary N) is 1. The van der Waals surface area contributed by atoms with Gasteiger partial charge in [0.05, 0.1) is 19.8 Å². The molecule has 0 radical (unpaired) electrons. The maximum Gasteiger partial charge on any atom is 0.317 e. The first-order valence-corrected chi connectivity index (χ1v) is 8.96. The summed E-state index contributed by atoms with van der Waals surface area (Å²) in [7, 11) is 3.46. The van der Waals surface area contributed by atoms with E-state index in [2.05, 4.69) is 23.5 Å². The first-order chi connectivity index (χ1) is 12.7. The van der Waals surface area contributed by atoms with Crippen LogP contribution in [0.1, 0.15) is 16.7 Å². The molecule has 26 heavy (non-hydrogen) atoms. The summed E-state index contributed by atoms with van der Waals surface area (Å²) >= 11 is 0. The van der Waals surface area contributed by atoms with Gasteiger partial charge in [0.15, 0.2) is 0 Å². The van der Waals surface area contributed by atoms with Gasteiger partial charge in [-0.2, -0.15) is 0 Å². The second kappa shape index (κ2) is 8.72. The summed E-state index contributed by atoms with van der Waals surface area (Å²) in [4.78, 5) is 14.0. The number of amides is 2. The molecule has 2 aromatic carbocycles. The highest BCUT2D eigenvalue weighted by Crippen LogP contribution is 2.20. The standard InChI is InChI=1S/C21H26N2O3/c1-23(14-20-13-17-5-3-4-6-18(17)15-26-20)21(24)22-12-11-16-7-9-19(25-2)10-8-16/h3-10,20H,11-15H2,1-2H3,(H,22,24). The zero-order chi connectivity index (χ0) is 18.4. The Morgan fingerprint density at radius 1 is 1.19 bits per heavy atom. The van der Waals surface area contributed by atoms with E-state index in [4.69, 9.17) is 9.47 Å². The molecular formula is C21H26N2O3. The smallest absolute Gasteiger partial charge is 0.317 e. The Labute approximate surface area is 154 Å². The molecule has 2 aromatic rings. The summed E-state index contributed by atoms with van der Waals surface area (Å²) in [5.41, 5.74) is 3.73. The lowest BCUT2D eigenvalue weighted by molar-refractivity contribution is 0.0150. The quantitative estimate of drug-likeness (QED) is 0.868. The Hall–Kier alpha value is -2.53. The number of urea groups is 1. The minimum absolute atomic E-state index is 0.0437. The van der Waals surface area contributed by atoms with Crippen LogP contribution in [0.3, 0.4) is 0 Å². The Morgan fingerprint density at radius 2 is 1.92 bits per heavy atom. The van der Waals surface area contributed by atoms with Gasteiger partial charge < -0.3 is 19.7 Å². The zero-order valence-electron chi connectivity index (χ0n) is 15.4. The van der Waals surface area contributed by atoms with E-state index in [0.717, 1.165) is 18.6 Å². The molecule has 0 saturated heterocycles. The number of carbonyl (C=O) groups is 1. The highest BCUT2D eigenvalue weighted by molar-refractivity contribution is 5.73. The van der Waals surface area contributed by atoms with Crippen LogP contribution in [0.4, 0.5) is 4.79 Å². The van der Waals surface area contributed by atoms with Gasteiger partial charge in [-0.3, -0.25) is 0 Å². The van der Waals surface area contributed by atoms with Gasteiger partial charge in [0.2, 0.25) is 0 Å². The highest BCUT2D eigenvalue weighted by atomic mass is 16.5. The molecule has 138 valence electrons. The van der Waals surface area contributed by atoms with Gasteiger partial charge in [-0.05, 0) is 35.2 Å². The topological polar surface area (TPSA) is 50.8 Å². The Kier molecular flexibility index (Phi) is 6.12. The predicted octanol–water partition coefficient (Wildman–Crippen LogP) is 3.02. The van der Waals surface area contributed by atoms with Crippen LogP contribution in [-0.4, -0.2) is 44.3 Å². The zero-order valence-corrected chi connectivity index (χ0v) is 15.4. The third kappa shape index (κ3) is 4.76. The van der Waals surface area contributed by atoms with Crippen molar-refractivity contribution in [2.75, 3.05) is 27.2 Å². The van der Waals surface area contributed by atoms with Gasteiger partial charge in [0.1, 0.15) is 5.75 Å². The number of fused-ring (bicyclic) bond motifs is 1. The minimum atomic E-state index is -0.0685. The van der Waals surface area contributed by atoms with Gasteiger partial charge in [-0.25, -0.2) is 4.79 Å². The number of ether oxygens (including phenoxy) is 2. The average molecular weight is 354 g/mol. The van der Waals surface area contributed by atoms with Crippen molar-refractivity contribution in [2.45, 2.75) is 25.6 Å². The number of carbonyl (C=O) groups excluding carboxylic acids is 1. The van der Waals surface area contributed by atoms with Crippen molar-refractivity contribution in [3.05, 3.63) is 65.2 Å². The molecule has 0 saturated carbocycles. The van der Waals surface area contributed by atoms with Crippen molar-refractivity contribution in [3.63, 3.8) is 0 Å². The molecular weight excluding hydrogens is 328 g/mol. The van der Waals surface area contributed by atoms with Crippen LogP contribution < -0.4 is 10.1 Å². The van der Waals surface area contributed by atoms with Crippen LogP contribution >= 0.6 is 0 Å². The van der Waals surface area contributed by atoms with Gasteiger partial charge in [-0.15, -0.1) is 0 Å². The second-order valence-corrected chi connectivity index (χ2v) is 6.62. The molecule has 0 fully saturated rings. The summed E-state index contributed by atoms with van der Waals surface area (Å²) in [6.07, 6.45) is 1.68. The normalized spacial score (nSPS) is 15.8. The fraction of sp³-hybridized carbons (Fsp3) is 0.381. The number of nitrogens with zero attached hydrogens (tertiary/aromatic N) is 1. The van der Waals surface area contributed by atoms with Crippen molar-refractivity contribution >= 4 is 6.03 Å². The third-order valence-electron chi connectivity index (χ3n) is 4.71. The summed E-state index contributed by atoms with van der Waals surface area (Å²) in [5, 5.41) is 2.97. The van der Waals surface area contributed by atoms with Crippen LogP contribution in [0.25, 0.3) is 0 Å². The first kappa shape index (κ1) is 18.3. The molecule has 1 aliphatic heterocycles. The first-order valence-electron chi connectivity index (χ1n) is 8.96. The molecule has 3 rings (SSSR count). The number of likely N-dealkylation sites (N-methyl/N-ethyl adjacent to an activating group) is 1. The van der Waals surface area contributed by atoms with Gasteiger partial charge in [-0.1, -0.05) is 36.4 Å². The average Bonchev–Trinajstić information content (AvgIpc) is 2.68. The second-order valence-electron chi connectivity index (χ2n) is 6.62. The van der Waals surface area contributed by atoms with Crippen molar-refractivity contribution in [2.24, 2.45) is 0 Å². The molecule has 0 aliphatic carbocycles. The van der Waals surface area contributed by atoms with Gasteiger partial charge in [0, 0.05) is 26.6 Å². The summed E-state index contributed by atoms with van der Waals surface area (Å²) < 4.78 is 11.0. The number of hydrogen-bond acceptors (Lipinski definition) is 3.